The number of nitrogens with zero attached hydrogens (tertiary/aromatic N) is 2. The normalized spacial score (nSPS) is 11.7. The maximum Gasteiger partial charge on any atom is 0.122 e. The van der Waals surface area contributed by atoms with Crippen LogP contribution in [0.5, 0.6) is 0 Å². The topological polar surface area (TPSA) is 41.3 Å². The minimum atomic E-state index is 0.463. The van der Waals surface area contributed by atoms with Gasteiger partial charge in [-0.1, -0.05) is 13.8 Å². The van der Waals surface area contributed by atoms with E-state index >= 15 is 0 Å². The first-order valence-corrected chi connectivity index (χ1v) is 7.80. The van der Waals surface area contributed by atoms with Gasteiger partial charge in [-0.25, -0.2) is 4.98 Å². The molecule has 0 amide bonds. The first kappa shape index (κ1) is 15.2. The van der Waals surface area contributed by atoms with Crippen LogP contribution in [0, 0.1) is 6.92 Å². The number of hydrogen-bond acceptors (Lipinski definition) is 5. The quantitative estimate of drug-likeness (QED) is 0.851. The first-order valence-electron chi connectivity index (χ1n) is 6.92. The third kappa shape index (κ3) is 4.16. The van der Waals surface area contributed by atoms with Crippen molar-refractivity contribution < 1.29 is 4.42 Å². The van der Waals surface area contributed by atoms with Crippen molar-refractivity contribution in [3.05, 3.63) is 39.7 Å². The van der Waals surface area contributed by atoms with Crippen molar-refractivity contribution in [1.29, 1.82) is 0 Å². The largest absolute Gasteiger partial charge is 0.468 e. The van der Waals surface area contributed by atoms with E-state index in [0.29, 0.717) is 6.04 Å². The first-order chi connectivity index (χ1) is 9.56. The summed E-state index contributed by atoms with van der Waals surface area (Å²) in [5.74, 6) is 1.03. The fourth-order valence-electron chi connectivity index (χ4n) is 2.03. The Morgan fingerprint density at radius 2 is 2.20 bits per heavy atom. The van der Waals surface area contributed by atoms with Crippen molar-refractivity contribution in [2.75, 3.05) is 7.05 Å². The highest BCUT2D eigenvalue weighted by Crippen LogP contribution is 2.18. The van der Waals surface area contributed by atoms with Crippen molar-refractivity contribution in [3.63, 3.8) is 0 Å². The number of thiazole rings is 1. The molecular weight excluding hydrogens is 270 g/mol. The fraction of sp³-hybridized carbons (Fsp3) is 0.533. The lowest BCUT2D eigenvalue weighted by Crippen LogP contribution is -2.23. The summed E-state index contributed by atoms with van der Waals surface area (Å²) >= 11 is 1.72. The van der Waals surface area contributed by atoms with Crippen LogP contribution in [-0.4, -0.2) is 23.0 Å². The molecule has 1 N–H and O–H groups in total. The molecule has 0 fully saturated rings. The van der Waals surface area contributed by atoms with Crippen LogP contribution in [0.4, 0.5) is 0 Å². The second-order valence-electron chi connectivity index (χ2n) is 5.44. The van der Waals surface area contributed by atoms with Crippen molar-refractivity contribution in [2.45, 2.75) is 46.4 Å². The Kier molecular flexibility index (Phi) is 5.34. The maximum atomic E-state index is 5.58. The van der Waals surface area contributed by atoms with E-state index in [9.17, 15) is 0 Å². The van der Waals surface area contributed by atoms with E-state index in [1.54, 1.807) is 17.6 Å². The smallest absolute Gasteiger partial charge is 0.122 e. The minimum absolute atomic E-state index is 0.463. The highest BCUT2D eigenvalue weighted by molar-refractivity contribution is 7.09. The standard InChI is InChI=1S/C15H23N3OS/c1-11(2)16-7-14-13(5-6-19-14)8-18(4)9-15-12(3)17-10-20-15/h5-6,10-11,16H,7-9H2,1-4H3. The zero-order valence-corrected chi connectivity index (χ0v) is 13.5. The van der Waals surface area contributed by atoms with Gasteiger partial charge >= 0.3 is 0 Å². The number of nitrogens with one attached hydrogen (secondary N) is 1. The Bertz CT molecular complexity index is 533. The molecule has 0 aromatic carbocycles. The molecule has 0 spiro atoms. The van der Waals surface area contributed by atoms with E-state index in [2.05, 4.69) is 49.1 Å². The molecule has 0 aliphatic heterocycles. The number of aromatic nitrogens is 1. The van der Waals surface area contributed by atoms with Crippen LogP contribution in [0.1, 0.15) is 35.7 Å². The summed E-state index contributed by atoms with van der Waals surface area (Å²) < 4.78 is 5.58. The number of hydrogen-bond donors (Lipinski definition) is 1. The van der Waals surface area contributed by atoms with E-state index in [4.69, 9.17) is 4.42 Å². The van der Waals surface area contributed by atoms with Gasteiger partial charge in [0.1, 0.15) is 5.76 Å². The molecule has 5 heteroatoms. The van der Waals surface area contributed by atoms with Gasteiger partial charge in [-0.3, -0.25) is 4.90 Å². The second-order valence-corrected chi connectivity index (χ2v) is 6.38. The predicted octanol–water partition coefficient (Wildman–Crippen LogP) is 3.17. The summed E-state index contributed by atoms with van der Waals surface area (Å²) in [4.78, 5) is 7.92. The molecule has 0 aliphatic rings. The van der Waals surface area contributed by atoms with Crippen LogP contribution in [0.15, 0.2) is 22.3 Å². The molecule has 110 valence electrons. The van der Waals surface area contributed by atoms with Gasteiger partial charge in [0.2, 0.25) is 0 Å². The zero-order valence-electron chi connectivity index (χ0n) is 12.6. The Morgan fingerprint density at radius 1 is 1.40 bits per heavy atom. The Labute approximate surface area is 124 Å². The highest BCUT2D eigenvalue weighted by Gasteiger charge is 2.11. The molecule has 0 bridgehead atoms. The summed E-state index contributed by atoms with van der Waals surface area (Å²) in [6.45, 7) is 8.95. The van der Waals surface area contributed by atoms with E-state index < -0.39 is 0 Å². The number of rotatable bonds is 7. The van der Waals surface area contributed by atoms with Gasteiger partial charge in [-0.05, 0) is 20.0 Å². The molecule has 0 unspecified atom stereocenters. The Morgan fingerprint density at radius 3 is 2.85 bits per heavy atom. The maximum absolute atomic E-state index is 5.58. The summed E-state index contributed by atoms with van der Waals surface area (Å²) in [6, 6.07) is 2.53. The number of furan rings is 1. The molecule has 2 heterocycles. The average Bonchev–Trinajstić information content (AvgIpc) is 2.97. The third-order valence-electron chi connectivity index (χ3n) is 3.21. The van der Waals surface area contributed by atoms with Crippen molar-refractivity contribution in [3.8, 4) is 0 Å². The van der Waals surface area contributed by atoms with E-state index in [0.717, 1.165) is 31.1 Å². The van der Waals surface area contributed by atoms with Crippen LogP contribution in [0.3, 0.4) is 0 Å². The number of aryl methyl sites for hydroxylation is 1. The Hall–Kier alpha value is -1.17. The van der Waals surface area contributed by atoms with Crippen LogP contribution >= 0.6 is 11.3 Å². The van der Waals surface area contributed by atoms with Crippen LogP contribution in [-0.2, 0) is 19.6 Å². The summed E-state index contributed by atoms with van der Waals surface area (Å²) in [5, 5.41) is 3.40. The highest BCUT2D eigenvalue weighted by atomic mass is 32.1. The predicted molar refractivity (Wildman–Crippen MR) is 82.7 cm³/mol. The van der Waals surface area contributed by atoms with Crippen LogP contribution < -0.4 is 5.32 Å². The molecule has 0 aliphatic carbocycles. The third-order valence-corrected chi connectivity index (χ3v) is 4.13. The van der Waals surface area contributed by atoms with E-state index in [-0.39, 0.29) is 0 Å². The summed E-state index contributed by atoms with van der Waals surface area (Å²) in [7, 11) is 2.13. The SMILES string of the molecule is Cc1ncsc1CN(C)Cc1ccoc1CNC(C)C. The van der Waals surface area contributed by atoms with Gasteiger partial charge in [0.15, 0.2) is 0 Å². The summed E-state index contributed by atoms with van der Waals surface area (Å²) in [5.41, 5.74) is 4.30. The fourth-order valence-corrected chi connectivity index (χ4v) is 2.89. The van der Waals surface area contributed by atoms with E-state index in [1.807, 2.05) is 5.51 Å². The molecule has 2 rings (SSSR count). The van der Waals surface area contributed by atoms with Gasteiger partial charge < -0.3 is 9.73 Å². The van der Waals surface area contributed by atoms with Gasteiger partial charge in [0.05, 0.1) is 24.0 Å². The molecule has 20 heavy (non-hydrogen) atoms. The van der Waals surface area contributed by atoms with Crippen LogP contribution in [0.25, 0.3) is 0 Å². The van der Waals surface area contributed by atoms with Gasteiger partial charge in [-0.15, -0.1) is 11.3 Å². The van der Waals surface area contributed by atoms with Crippen molar-refractivity contribution >= 4 is 11.3 Å². The van der Waals surface area contributed by atoms with Crippen molar-refractivity contribution in [1.82, 2.24) is 15.2 Å². The zero-order chi connectivity index (χ0) is 14.5. The second kappa shape index (κ2) is 7.02. The molecular formula is C15H23N3OS. The van der Waals surface area contributed by atoms with Gasteiger partial charge in [-0.2, -0.15) is 0 Å². The van der Waals surface area contributed by atoms with Crippen LogP contribution in [0.2, 0.25) is 0 Å². The molecule has 4 nitrogen and oxygen atoms in total. The van der Waals surface area contributed by atoms with Gasteiger partial charge in [0, 0.05) is 29.6 Å². The molecule has 0 saturated heterocycles. The Balaban J connectivity index is 1.92. The molecule has 2 aromatic rings. The van der Waals surface area contributed by atoms with E-state index in [1.165, 1.54) is 10.4 Å². The minimum Gasteiger partial charge on any atom is -0.468 e. The lowest BCUT2D eigenvalue weighted by Gasteiger charge is -2.16. The lowest BCUT2D eigenvalue weighted by atomic mass is 10.2. The average molecular weight is 293 g/mol. The molecule has 2 aromatic heterocycles. The molecule has 0 atom stereocenters. The summed E-state index contributed by atoms with van der Waals surface area (Å²) in [6.07, 6.45) is 1.78. The van der Waals surface area contributed by atoms with Gasteiger partial charge in [0.25, 0.3) is 0 Å². The molecule has 0 radical (unpaired) electrons. The monoisotopic (exact) mass is 293 g/mol. The molecule has 0 saturated carbocycles. The van der Waals surface area contributed by atoms with Crippen molar-refractivity contribution in [2.24, 2.45) is 0 Å². The lowest BCUT2D eigenvalue weighted by molar-refractivity contribution is 0.316.